The summed E-state index contributed by atoms with van der Waals surface area (Å²) < 4.78 is 33.2. The standard InChI is InChI=1S/C73H138NO8P/c1-3-5-7-9-11-13-15-17-19-21-23-25-27-29-31-33-34-35-36-38-40-42-44-46-48-50-52-54-56-58-60-62-64-66-73(76)82-71(70-81-83(77,78)80-68-67-74)69-79-72(75)65-63-61-59-57-55-53-51-49-47-45-43-41-39-37-32-30-28-26-24-22-20-18-16-14-12-10-8-6-4-2/h5,7,11,13,17,19,23,25,71H,3-4,6,8-10,12,14-16,18,20-22,24,26-70,74H2,1-2H3,(H,77,78)/b7-5-,13-11-,19-17-,25-23-. The summed E-state index contributed by atoms with van der Waals surface area (Å²) in [5.74, 6) is -0.804. The molecule has 83 heavy (non-hydrogen) atoms. The van der Waals surface area contributed by atoms with E-state index in [4.69, 9.17) is 24.3 Å². The molecule has 10 heteroatoms. The first kappa shape index (κ1) is 81.0. The van der Waals surface area contributed by atoms with E-state index in [1.807, 2.05) is 0 Å². The quantitative estimate of drug-likeness (QED) is 0.0264. The Kier molecular flexibility index (Phi) is 67.4. The van der Waals surface area contributed by atoms with Crippen LogP contribution in [0.4, 0.5) is 0 Å². The maximum absolute atomic E-state index is 12.8. The van der Waals surface area contributed by atoms with Crippen molar-refractivity contribution >= 4 is 19.8 Å². The van der Waals surface area contributed by atoms with Crippen LogP contribution in [0.2, 0.25) is 0 Å². The normalized spacial score (nSPS) is 13.2. The molecular formula is C73H138NO8P. The van der Waals surface area contributed by atoms with E-state index in [1.54, 1.807) is 0 Å². The Morgan fingerprint density at radius 1 is 0.373 bits per heavy atom. The lowest BCUT2D eigenvalue weighted by Crippen LogP contribution is -2.29. The van der Waals surface area contributed by atoms with Gasteiger partial charge < -0.3 is 20.1 Å². The highest BCUT2D eigenvalue weighted by atomic mass is 31.2. The van der Waals surface area contributed by atoms with Crippen molar-refractivity contribution in [3.05, 3.63) is 48.6 Å². The molecule has 0 fully saturated rings. The number of hydrogen-bond donors (Lipinski definition) is 2. The van der Waals surface area contributed by atoms with Gasteiger partial charge in [-0.1, -0.05) is 358 Å². The molecule has 0 aliphatic rings. The van der Waals surface area contributed by atoms with E-state index in [0.29, 0.717) is 6.42 Å². The Hall–Kier alpha value is -2.03. The third-order valence-corrected chi connectivity index (χ3v) is 17.2. The molecule has 0 aromatic rings. The number of carbonyl (C=O) groups excluding carboxylic acids is 2. The van der Waals surface area contributed by atoms with Crippen LogP contribution in [-0.2, 0) is 32.7 Å². The van der Waals surface area contributed by atoms with Gasteiger partial charge in [0.1, 0.15) is 6.61 Å². The molecule has 0 aliphatic heterocycles. The second-order valence-corrected chi connectivity index (χ2v) is 25.9. The summed E-state index contributed by atoms with van der Waals surface area (Å²) >= 11 is 0. The summed E-state index contributed by atoms with van der Waals surface area (Å²) in [6.45, 7) is 3.71. The molecule has 0 radical (unpaired) electrons. The van der Waals surface area contributed by atoms with Crippen molar-refractivity contribution in [1.82, 2.24) is 0 Å². The van der Waals surface area contributed by atoms with E-state index < -0.39 is 26.5 Å². The molecule has 0 rings (SSSR count). The zero-order valence-electron chi connectivity index (χ0n) is 55.0. The number of rotatable bonds is 69. The Labute approximate surface area is 515 Å². The molecule has 2 unspecified atom stereocenters. The Balaban J connectivity index is 3.80. The predicted octanol–water partition coefficient (Wildman–Crippen LogP) is 23.6. The van der Waals surface area contributed by atoms with Gasteiger partial charge in [0.15, 0.2) is 6.10 Å². The zero-order chi connectivity index (χ0) is 60.1. The fourth-order valence-corrected chi connectivity index (χ4v) is 11.7. The van der Waals surface area contributed by atoms with Crippen molar-refractivity contribution in [2.75, 3.05) is 26.4 Å². The zero-order valence-corrected chi connectivity index (χ0v) is 55.8. The van der Waals surface area contributed by atoms with E-state index in [1.165, 1.54) is 283 Å². The van der Waals surface area contributed by atoms with E-state index in [-0.39, 0.29) is 38.6 Å². The summed E-state index contributed by atoms with van der Waals surface area (Å²) in [7, 11) is -4.39. The molecule has 0 aromatic carbocycles. The van der Waals surface area contributed by atoms with E-state index >= 15 is 0 Å². The number of esters is 2. The molecular weight excluding hydrogens is 1050 g/mol. The number of allylic oxidation sites excluding steroid dienone is 8. The minimum Gasteiger partial charge on any atom is -0.462 e. The lowest BCUT2D eigenvalue weighted by atomic mass is 10.0. The van der Waals surface area contributed by atoms with Gasteiger partial charge in [-0.25, -0.2) is 4.57 Å². The summed E-state index contributed by atoms with van der Waals surface area (Å²) in [5, 5.41) is 0. The van der Waals surface area contributed by atoms with Gasteiger partial charge in [-0.05, 0) is 51.4 Å². The average Bonchev–Trinajstić information content (AvgIpc) is 3.49. The van der Waals surface area contributed by atoms with Gasteiger partial charge in [-0.15, -0.1) is 0 Å². The average molecular weight is 1190 g/mol. The highest BCUT2D eigenvalue weighted by Gasteiger charge is 2.26. The van der Waals surface area contributed by atoms with Gasteiger partial charge in [-0.2, -0.15) is 0 Å². The number of nitrogens with two attached hydrogens (primary N) is 1. The second kappa shape index (κ2) is 69.1. The van der Waals surface area contributed by atoms with Crippen molar-refractivity contribution in [3.63, 3.8) is 0 Å². The fourth-order valence-electron chi connectivity index (χ4n) is 10.9. The smallest absolute Gasteiger partial charge is 0.462 e. The first-order valence-corrected chi connectivity index (χ1v) is 37.6. The van der Waals surface area contributed by atoms with Crippen molar-refractivity contribution in [3.8, 4) is 0 Å². The SMILES string of the molecule is CC/C=C\C/C=C\C/C=C\C/C=C\CCCCCCCCCCCCCCCCCCCCCCC(=O)OC(COC(=O)CCCCCCCCCCCCCCCCCCCCCCCCCCCCCCC)COP(=O)(O)OCCN. The third kappa shape index (κ3) is 68.9. The Morgan fingerprint density at radius 3 is 0.988 bits per heavy atom. The molecule has 0 bridgehead atoms. The van der Waals surface area contributed by atoms with Gasteiger partial charge in [0.05, 0.1) is 13.2 Å². The van der Waals surface area contributed by atoms with Gasteiger partial charge in [0.2, 0.25) is 0 Å². The highest BCUT2D eigenvalue weighted by molar-refractivity contribution is 7.47. The van der Waals surface area contributed by atoms with Gasteiger partial charge in [0, 0.05) is 19.4 Å². The lowest BCUT2D eigenvalue weighted by molar-refractivity contribution is -0.161. The Morgan fingerprint density at radius 2 is 0.663 bits per heavy atom. The van der Waals surface area contributed by atoms with Crippen LogP contribution in [0.5, 0.6) is 0 Å². The van der Waals surface area contributed by atoms with Crippen LogP contribution < -0.4 is 5.73 Å². The third-order valence-electron chi connectivity index (χ3n) is 16.2. The van der Waals surface area contributed by atoms with Crippen molar-refractivity contribution in [2.24, 2.45) is 5.73 Å². The monoisotopic (exact) mass is 1190 g/mol. The van der Waals surface area contributed by atoms with Crippen LogP contribution in [0.25, 0.3) is 0 Å². The predicted molar refractivity (Wildman–Crippen MR) is 358 cm³/mol. The summed E-state index contributed by atoms with van der Waals surface area (Å²) in [6.07, 6.45) is 87.9. The summed E-state index contributed by atoms with van der Waals surface area (Å²) in [5.41, 5.74) is 5.41. The summed E-state index contributed by atoms with van der Waals surface area (Å²) in [4.78, 5) is 35.4. The molecule has 0 saturated carbocycles. The number of phosphoric ester groups is 1. The van der Waals surface area contributed by atoms with Crippen molar-refractivity contribution < 1.29 is 37.6 Å². The molecule has 488 valence electrons. The highest BCUT2D eigenvalue weighted by Crippen LogP contribution is 2.43. The van der Waals surface area contributed by atoms with Crippen LogP contribution in [0, 0.1) is 0 Å². The maximum Gasteiger partial charge on any atom is 0.472 e. The van der Waals surface area contributed by atoms with Crippen molar-refractivity contribution in [1.29, 1.82) is 0 Å². The van der Waals surface area contributed by atoms with Crippen LogP contribution in [-0.4, -0.2) is 49.3 Å². The molecule has 0 heterocycles. The first-order chi connectivity index (χ1) is 40.8. The number of carbonyl (C=O) groups is 2. The van der Waals surface area contributed by atoms with Crippen LogP contribution in [0.1, 0.15) is 373 Å². The minimum atomic E-state index is -4.39. The van der Waals surface area contributed by atoms with Gasteiger partial charge in [-0.3, -0.25) is 18.6 Å². The number of hydrogen-bond acceptors (Lipinski definition) is 8. The molecule has 2 atom stereocenters. The number of unbranched alkanes of at least 4 members (excludes halogenated alkanes) is 48. The first-order valence-electron chi connectivity index (χ1n) is 36.1. The van der Waals surface area contributed by atoms with Gasteiger partial charge in [0.25, 0.3) is 0 Å². The minimum absolute atomic E-state index is 0.0559. The largest absolute Gasteiger partial charge is 0.472 e. The molecule has 0 aliphatic carbocycles. The molecule has 9 nitrogen and oxygen atoms in total. The molecule has 0 saturated heterocycles. The van der Waals surface area contributed by atoms with Crippen LogP contribution in [0.3, 0.4) is 0 Å². The number of phosphoric acid groups is 1. The molecule has 0 spiro atoms. The summed E-state index contributed by atoms with van der Waals surface area (Å²) in [6, 6.07) is 0. The van der Waals surface area contributed by atoms with Gasteiger partial charge >= 0.3 is 19.8 Å². The van der Waals surface area contributed by atoms with Crippen molar-refractivity contribution in [2.45, 2.75) is 380 Å². The van der Waals surface area contributed by atoms with Crippen LogP contribution >= 0.6 is 7.82 Å². The van der Waals surface area contributed by atoms with E-state index in [9.17, 15) is 19.0 Å². The maximum atomic E-state index is 12.8. The topological polar surface area (TPSA) is 134 Å². The fraction of sp³-hybridized carbons (Fsp3) is 0.863. The van der Waals surface area contributed by atoms with E-state index in [0.717, 1.165) is 57.8 Å². The lowest BCUT2D eigenvalue weighted by Gasteiger charge is -2.19. The van der Waals surface area contributed by atoms with E-state index in [2.05, 4.69) is 62.5 Å². The second-order valence-electron chi connectivity index (χ2n) is 24.4. The molecule has 3 N–H and O–H groups in total. The van der Waals surface area contributed by atoms with Crippen LogP contribution in [0.15, 0.2) is 48.6 Å². The number of ether oxygens (including phenoxy) is 2. The molecule has 0 aromatic heterocycles. The molecule has 0 amide bonds. The Bertz CT molecular complexity index is 1500.